The average Bonchev–Trinajstić information content (AvgIpc) is 2.85. The molecule has 1 fully saturated rings. The summed E-state index contributed by atoms with van der Waals surface area (Å²) in [5.74, 6) is 0.885. The molecular formula is C14H19N3OS. The van der Waals surface area contributed by atoms with Crippen LogP contribution in [0.1, 0.15) is 19.8 Å². The van der Waals surface area contributed by atoms with Crippen LogP contribution in [0.25, 0.3) is 10.2 Å². The lowest BCUT2D eigenvalue weighted by Crippen LogP contribution is -2.39. The number of benzene rings is 1. The fraction of sp³-hybridized carbons (Fsp3) is 0.500. The third-order valence-corrected chi connectivity index (χ3v) is 4.56. The first-order valence-corrected chi connectivity index (χ1v) is 7.62. The van der Waals surface area contributed by atoms with Crippen LogP contribution >= 0.6 is 11.3 Å². The Labute approximate surface area is 117 Å². The second-order valence-corrected chi connectivity index (χ2v) is 5.87. The van der Waals surface area contributed by atoms with Gasteiger partial charge in [0, 0.05) is 19.1 Å². The number of hydrogen-bond acceptors (Lipinski definition) is 5. The molecule has 0 aliphatic carbocycles. The van der Waals surface area contributed by atoms with Crippen LogP contribution in [0.2, 0.25) is 0 Å². The van der Waals surface area contributed by atoms with E-state index >= 15 is 0 Å². The molecule has 2 heterocycles. The highest BCUT2D eigenvalue weighted by molar-refractivity contribution is 7.22. The first kappa shape index (κ1) is 12.7. The molecule has 0 saturated carbocycles. The van der Waals surface area contributed by atoms with Crippen LogP contribution in [-0.2, 0) is 0 Å². The molecule has 5 heteroatoms. The Balaban J connectivity index is 1.91. The van der Waals surface area contributed by atoms with Crippen molar-refractivity contribution in [2.45, 2.75) is 25.8 Å². The van der Waals surface area contributed by atoms with E-state index in [-0.39, 0.29) is 0 Å². The van der Waals surface area contributed by atoms with Crippen molar-refractivity contribution in [2.75, 3.05) is 24.6 Å². The van der Waals surface area contributed by atoms with E-state index in [0.717, 1.165) is 42.3 Å². The zero-order chi connectivity index (χ0) is 13.2. The number of ether oxygens (including phenoxy) is 1. The minimum Gasteiger partial charge on any atom is -0.492 e. The molecule has 0 bridgehead atoms. The number of aromatic nitrogens is 1. The minimum absolute atomic E-state index is 0.351. The Morgan fingerprint density at radius 3 is 2.95 bits per heavy atom. The molecule has 2 aromatic rings. The molecule has 0 radical (unpaired) electrons. The summed E-state index contributed by atoms with van der Waals surface area (Å²) in [5.41, 5.74) is 6.94. The van der Waals surface area contributed by atoms with Crippen LogP contribution in [0.3, 0.4) is 0 Å². The van der Waals surface area contributed by atoms with E-state index in [2.05, 4.69) is 11.0 Å². The van der Waals surface area contributed by atoms with Crippen LogP contribution in [0, 0.1) is 0 Å². The SMILES string of the molecule is CCOc1cccc2sc(N3CCC(N)CC3)nc12. The van der Waals surface area contributed by atoms with Crippen molar-refractivity contribution < 1.29 is 4.74 Å². The van der Waals surface area contributed by atoms with Crippen LogP contribution in [0.5, 0.6) is 5.75 Å². The molecule has 1 aliphatic rings. The number of piperidine rings is 1. The van der Waals surface area contributed by atoms with Gasteiger partial charge in [0.1, 0.15) is 11.3 Å². The Bertz CT molecular complexity index is 561. The smallest absolute Gasteiger partial charge is 0.186 e. The van der Waals surface area contributed by atoms with Gasteiger partial charge in [0.2, 0.25) is 0 Å². The summed E-state index contributed by atoms with van der Waals surface area (Å²) in [4.78, 5) is 7.10. The number of rotatable bonds is 3. The summed E-state index contributed by atoms with van der Waals surface area (Å²) < 4.78 is 6.83. The molecule has 1 aliphatic heterocycles. The van der Waals surface area contributed by atoms with Crippen LogP contribution in [0.15, 0.2) is 18.2 Å². The van der Waals surface area contributed by atoms with E-state index in [1.54, 1.807) is 11.3 Å². The van der Waals surface area contributed by atoms with Crippen molar-refractivity contribution in [2.24, 2.45) is 5.73 Å². The molecular weight excluding hydrogens is 258 g/mol. The predicted octanol–water partition coefficient (Wildman–Crippen LogP) is 2.62. The van der Waals surface area contributed by atoms with Crippen LogP contribution < -0.4 is 15.4 Å². The second-order valence-electron chi connectivity index (χ2n) is 4.86. The lowest BCUT2D eigenvalue weighted by atomic mass is 10.1. The van der Waals surface area contributed by atoms with Crippen LogP contribution in [-0.4, -0.2) is 30.7 Å². The highest BCUT2D eigenvalue weighted by atomic mass is 32.1. The summed E-state index contributed by atoms with van der Waals surface area (Å²) in [7, 11) is 0. The molecule has 0 amide bonds. The molecule has 3 rings (SSSR count). The fourth-order valence-electron chi connectivity index (χ4n) is 2.41. The third kappa shape index (κ3) is 2.53. The molecule has 0 unspecified atom stereocenters. The van der Waals surface area contributed by atoms with Crippen molar-refractivity contribution in [1.82, 2.24) is 4.98 Å². The maximum atomic E-state index is 5.95. The molecule has 2 N–H and O–H groups in total. The lowest BCUT2D eigenvalue weighted by molar-refractivity contribution is 0.343. The standard InChI is InChI=1S/C14H19N3OS/c1-2-18-11-4-3-5-12-13(11)16-14(19-12)17-8-6-10(15)7-9-17/h3-5,10H,2,6-9,15H2,1H3. The van der Waals surface area contributed by atoms with E-state index in [1.807, 2.05) is 19.1 Å². The van der Waals surface area contributed by atoms with Gasteiger partial charge < -0.3 is 15.4 Å². The summed E-state index contributed by atoms with van der Waals surface area (Å²) in [6, 6.07) is 6.47. The molecule has 0 spiro atoms. The number of anilines is 1. The first-order valence-electron chi connectivity index (χ1n) is 6.81. The topological polar surface area (TPSA) is 51.4 Å². The fourth-order valence-corrected chi connectivity index (χ4v) is 3.44. The van der Waals surface area contributed by atoms with Crippen LogP contribution in [0.4, 0.5) is 5.13 Å². The first-order chi connectivity index (χ1) is 9.28. The summed E-state index contributed by atoms with van der Waals surface area (Å²) >= 11 is 1.74. The molecule has 19 heavy (non-hydrogen) atoms. The van der Waals surface area contributed by atoms with E-state index < -0.39 is 0 Å². The molecule has 102 valence electrons. The second kappa shape index (κ2) is 5.35. The summed E-state index contributed by atoms with van der Waals surface area (Å²) in [5, 5.41) is 1.09. The molecule has 4 nitrogen and oxygen atoms in total. The summed E-state index contributed by atoms with van der Waals surface area (Å²) in [6.45, 7) is 4.68. The van der Waals surface area contributed by atoms with Crippen molar-refractivity contribution >= 4 is 26.7 Å². The van der Waals surface area contributed by atoms with Crippen molar-refractivity contribution in [1.29, 1.82) is 0 Å². The number of thiazole rings is 1. The lowest BCUT2D eigenvalue weighted by Gasteiger charge is -2.29. The van der Waals surface area contributed by atoms with Crippen molar-refractivity contribution in [3.8, 4) is 5.75 Å². The maximum absolute atomic E-state index is 5.95. The zero-order valence-electron chi connectivity index (χ0n) is 11.1. The Hall–Kier alpha value is -1.33. The van der Waals surface area contributed by atoms with Gasteiger partial charge >= 0.3 is 0 Å². The Kier molecular flexibility index (Phi) is 3.57. The molecule has 1 aromatic carbocycles. The number of nitrogens with two attached hydrogens (primary N) is 1. The Morgan fingerprint density at radius 2 is 2.21 bits per heavy atom. The van der Waals surface area contributed by atoms with Crippen molar-refractivity contribution in [3.05, 3.63) is 18.2 Å². The van der Waals surface area contributed by atoms with Gasteiger partial charge in [-0.2, -0.15) is 0 Å². The van der Waals surface area contributed by atoms with Gasteiger partial charge in [-0.3, -0.25) is 0 Å². The van der Waals surface area contributed by atoms with E-state index in [4.69, 9.17) is 15.5 Å². The van der Waals surface area contributed by atoms with Gasteiger partial charge in [0.15, 0.2) is 5.13 Å². The third-order valence-electron chi connectivity index (χ3n) is 3.48. The van der Waals surface area contributed by atoms with E-state index in [1.165, 1.54) is 4.70 Å². The molecule has 1 saturated heterocycles. The van der Waals surface area contributed by atoms with Gasteiger partial charge in [0.05, 0.1) is 11.3 Å². The van der Waals surface area contributed by atoms with Gasteiger partial charge in [-0.1, -0.05) is 17.4 Å². The molecule has 1 aromatic heterocycles. The highest BCUT2D eigenvalue weighted by Crippen LogP contribution is 2.34. The number of fused-ring (bicyclic) bond motifs is 1. The summed E-state index contributed by atoms with van der Waals surface area (Å²) in [6.07, 6.45) is 2.10. The predicted molar refractivity (Wildman–Crippen MR) is 80.2 cm³/mol. The zero-order valence-corrected chi connectivity index (χ0v) is 11.9. The number of nitrogens with zero attached hydrogens (tertiary/aromatic N) is 2. The monoisotopic (exact) mass is 277 g/mol. The Morgan fingerprint density at radius 1 is 1.42 bits per heavy atom. The minimum atomic E-state index is 0.351. The maximum Gasteiger partial charge on any atom is 0.186 e. The van der Waals surface area contributed by atoms with Crippen molar-refractivity contribution in [3.63, 3.8) is 0 Å². The van der Waals surface area contributed by atoms with E-state index in [9.17, 15) is 0 Å². The number of hydrogen-bond donors (Lipinski definition) is 1. The molecule has 0 atom stereocenters. The normalized spacial score (nSPS) is 17.1. The van der Waals surface area contributed by atoms with Gasteiger partial charge in [-0.25, -0.2) is 4.98 Å². The van der Waals surface area contributed by atoms with Gasteiger partial charge in [0.25, 0.3) is 0 Å². The quantitative estimate of drug-likeness (QED) is 0.937. The van der Waals surface area contributed by atoms with E-state index in [0.29, 0.717) is 12.6 Å². The van der Waals surface area contributed by atoms with Gasteiger partial charge in [-0.15, -0.1) is 0 Å². The number of para-hydroxylation sites is 1. The average molecular weight is 277 g/mol. The van der Waals surface area contributed by atoms with Gasteiger partial charge in [-0.05, 0) is 31.9 Å². The largest absolute Gasteiger partial charge is 0.492 e. The highest BCUT2D eigenvalue weighted by Gasteiger charge is 2.19.